The minimum Gasteiger partial charge on any atom is -0.497 e. The van der Waals surface area contributed by atoms with Crippen LogP contribution in [0.4, 0.5) is 35.9 Å². The van der Waals surface area contributed by atoms with Crippen molar-refractivity contribution in [1.29, 1.82) is 0 Å². The molecule has 5 aliphatic rings. The van der Waals surface area contributed by atoms with Crippen LogP contribution in [-0.4, -0.2) is 273 Å². The lowest BCUT2D eigenvalue weighted by molar-refractivity contribution is 0.0301. The van der Waals surface area contributed by atoms with Crippen LogP contribution in [0.25, 0.3) is 90.2 Å². The van der Waals surface area contributed by atoms with Gasteiger partial charge in [-0.25, -0.2) is 33.1 Å². The number of halogens is 6. The Hall–Kier alpha value is -15.9. The second-order valence-corrected chi connectivity index (χ2v) is 32.0. The van der Waals surface area contributed by atoms with E-state index in [9.17, 15) is 51.5 Å². The molecule has 0 saturated carbocycles. The van der Waals surface area contributed by atoms with Crippen molar-refractivity contribution in [3.05, 3.63) is 241 Å². The van der Waals surface area contributed by atoms with Gasteiger partial charge >= 0.3 is 0 Å². The number of rotatable bonds is 17. The summed E-state index contributed by atoms with van der Waals surface area (Å²) in [5, 5.41) is 38.4. The Balaban J connectivity index is 0.000000121. The first kappa shape index (κ1) is 90.7. The molecule has 4 fully saturated rings. The number of carbonyl (C=O) groups excluding carboxylic acids is 8. The molecule has 8 aromatic heterocycles. The number of aromatic amines is 8. The summed E-state index contributed by atoms with van der Waals surface area (Å²) in [4.78, 5) is 140. The van der Waals surface area contributed by atoms with Gasteiger partial charge in [0.15, 0.2) is 34.8 Å². The molecule has 0 bridgehead atoms. The average Bonchev–Trinajstić information content (AvgIpc) is 1.66. The highest BCUT2D eigenvalue weighted by Gasteiger charge is 2.31. The van der Waals surface area contributed by atoms with E-state index in [0.29, 0.717) is 265 Å². The molecule has 0 atom stereocenters. The number of aromatic nitrogens is 16. The minimum absolute atomic E-state index is 0.00116. The number of nitrogens with one attached hydrogen (secondary N) is 12. The smallest absolute Gasteiger partial charge is 0.261 e. The van der Waals surface area contributed by atoms with Gasteiger partial charge in [-0.3, -0.25) is 58.8 Å². The maximum atomic E-state index is 14.3. The van der Waals surface area contributed by atoms with Crippen molar-refractivity contribution in [3.8, 4) is 63.3 Å². The number of H-pyrrole nitrogens is 8. The summed E-state index contributed by atoms with van der Waals surface area (Å²) >= 11 is 18.3. The molecular weight excluding hydrogens is 1830 g/mol. The number of methoxy groups -OCH3 is 1. The number of nitrogens with zero attached hydrogens (tertiary/aromatic N) is 12. The maximum Gasteiger partial charge on any atom is 0.261 e. The average molecular weight is 1910 g/mol. The molecule has 8 amide bonds. The molecule has 12 N–H and O–H groups in total. The van der Waals surface area contributed by atoms with E-state index < -0.39 is 40.7 Å². The molecule has 8 aromatic carbocycles. The summed E-state index contributed by atoms with van der Waals surface area (Å²) in [7, 11) is 1.26. The minimum atomic E-state index is -1.06. The number of benzene rings is 8. The molecule has 5 aliphatic heterocycles. The lowest BCUT2D eigenvalue weighted by Crippen LogP contribution is -2.40. The molecule has 0 unspecified atom stereocenters. The molecule has 39 nitrogen and oxygen atoms in total. The predicted molar refractivity (Wildman–Crippen MR) is 492 cm³/mol. The third-order valence-electron chi connectivity index (χ3n) is 22.3. The topological polar surface area (TPSA) is 492 Å². The number of carbonyl (C=O) groups is 8. The van der Waals surface area contributed by atoms with Crippen molar-refractivity contribution in [1.82, 2.24) is 100 Å². The van der Waals surface area contributed by atoms with Crippen LogP contribution in [0.2, 0.25) is 15.1 Å². The quantitative estimate of drug-likeness (QED) is 0.0403. The first-order chi connectivity index (χ1) is 66.1. The summed E-state index contributed by atoms with van der Waals surface area (Å²) in [6.07, 6.45) is 5.68. The van der Waals surface area contributed by atoms with Crippen LogP contribution in [0.3, 0.4) is 0 Å². The van der Waals surface area contributed by atoms with E-state index in [-0.39, 0.29) is 67.2 Å². The monoisotopic (exact) mass is 1910 g/mol. The fourth-order valence-electron chi connectivity index (χ4n) is 15.4. The summed E-state index contributed by atoms with van der Waals surface area (Å²) in [5.41, 5.74) is 9.88. The van der Waals surface area contributed by atoms with Gasteiger partial charge in [-0.1, -0.05) is 53.0 Å². The number of hydrogen-bond acceptors (Lipinski definition) is 23. The van der Waals surface area contributed by atoms with Crippen molar-refractivity contribution in [2.24, 2.45) is 0 Å². The number of fused-ring (bicyclic) bond motifs is 5. The molecule has 694 valence electrons. The standard InChI is InChI=1S/C24H22N6O5.C23H20F2N6O4.C22H18Cl2N6O3.C22H18ClFN6O3/c31-23(15-2-1-3-19-21(15)35-11-10-34-19)28-18-13-25-29-20(18)22-26-16-5-4-14(12-17(16)27-22)24(32)30-6-8-33-9-7-30;1-34-13-9-14(24)19(15(25)10-13)22(32)29-18-11-26-30-20(18)21-27-16-3-2-12(8-17(16)28-21)23(33)31-4-6-35-7-5-31;2*23-13-2-1-3-14(24)18(13)21(31)28-17-11-25-29-19(17)20-26-15-5-4-12(10-16(15)27-20)22(32)30-6-8-33-9-7-30/h1-5,12-13H,6-11H2,(H,25,29)(H,26,27)(H,28,31);2-3,8-11H,4-7H2,1H3,(H,26,30)(H,27,28)(H,29,32);2*1-5,10-11H,6-9H2,(H,25,29)(H,26,27)(H,28,31). The zero-order valence-corrected chi connectivity index (χ0v) is 73.8. The molecule has 16 aromatic rings. The molecule has 0 spiro atoms. The summed E-state index contributed by atoms with van der Waals surface area (Å²) < 4.78 is 80.0. The van der Waals surface area contributed by atoms with Gasteiger partial charge in [0.25, 0.3) is 47.3 Å². The van der Waals surface area contributed by atoms with Gasteiger partial charge in [0.2, 0.25) is 0 Å². The fraction of sp³-hybridized carbons (Fsp3) is 0.209. The van der Waals surface area contributed by atoms with Crippen molar-refractivity contribution in [2.75, 3.05) is 147 Å². The van der Waals surface area contributed by atoms with Gasteiger partial charge in [0, 0.05) is 86.7 Å². The van der Waals surface area contributed by atoms with Crippen LogP contribution >= 0.6 is 34.8 Å². The van der Waals surface area contributed by atoms with Crippen LogP contribution in [0.5, 0.6) is 17.2 Å². The Morgan fingerprint density at radius 3 is 1.01 bits per heavy atom. The zero-order valence-electron chi connectivity index (χ0n) is 71.6. The van der Waals surface area contributed by atoms with E-state index in [2.05, 4.69) is 102 Å². The maximum absolute atomic E-state index is 14.3. The molecule has 4 saturated heterocycles. The van der Waals surface area contributed by atoms with E-state index in [4.69, 9.17) is 68.0 Å². The number of hydrogen-bond donors (Lipinski definition) is 12. The van der Waals surface area contributed by atoms with Gasteiger partial charge in [0.05, 0.1) is 183 Å². The Morgan fingerprint density at radius 1 is 0.353 bits per heavy atom. The lowest BCUT2D eigenvalue weighted by atomic mass is 10.1. The molecule has 21 rings (SSSR count). The highest BCUT2D eigenvalue weighted by atomic mass is 35.5. The largest absolute Gasteiger partial charge is 0.497 e. The van der Waals surface area contributed by atoms with Crippen LogP contribution in [0.1, 0.15) is 82.9 Å². The molecule has 13 heterocycles. The zero-order chi connectivity index (χ0) is 94.2. The predicted octanol–water partition coefficient (Wildman–Crippen LogP) is 12.9. The number of para-hydroxylation sites is 1. The van der Waals surface area contributed by atoms with Crippen LogP contribution in [-0.2, 0) is 18.9 Å². The highest BCUT2D eigenvalue weighted by molar-refractivity contribution is 6.40. The molecular formula is C91H78Cl3F3N24O15. The SMILES string of the molecule is COc1cc(F)c(C(=O)Nc2cn[nH]c2-c2nc3ccc(C(=O)N4CCOCC4)cc3[nH]2)c(F)c1.O=C(Nc1cn[nH]c1-c1nc2ccc(C(=O)N3CCOCC3)cc2[nH]1)c1c(Cl)cccc1Cl.O=C(Nc1cn[nH]c1-c1nc2ccc(C(=O)N3CCOCC3)cc2[nH]1)c1c(F)cccc1Cl.O=C(Nc1cn[nH]c1-c1nc2ccc(C(=O)N3CCOCC3)cc2[nH]1)c1cccc2c1OCCO2. The van der Waals surface area contributed by atoms with Gasteiger partial charge in [-0.2, -0.15) is 20.4 Å². The van der Waals surface area contributed by atoms with Crippen molar-refractivity contribution in [2.45, 2.75) is 0 Å². The summed E-state index contributed by atoms with van der Waals surface area (Å²) in [6.45, 7) is 9.46. The van der Waals surface area contributed by atoms with Gasteiger partial charge in [-0.15, -0.1) is 0 Å². The fourth-order valence-corrected chi connectivity index (χ4v) is 16.2. The van der Waals surface area contributed by atoms with Gasteiger partial charge in [-0.05, 0) is 109 Å². The van der Waals surface area contributed by atoms with Crippen molar-refractivity contribution >= 4 is 149 Å². The molecule has 136 heavy (non-hydrogen) atoms. The second-order valence-electron chi connectivity index (χ2n) is 30.8. The van der Waals surface area contributed by atoms with E-state index >= 15 is 0 Å². The molecule has 0 aliphatic carbocycles. The third kappa shape index (κ3) is 19.7. The Bertz CT molecular complexity index is 7000. The first-order valence-corrected chi connectivity index (χ1v) is 43.4. The summed E-state index contributed by atoms with van der Waals surface area (Å²) in [5.74, 6) is -3.11. The highest BCUT2D eigenvalue weighted by Crippen LogP contribution is 2.38. The van der Waals surface area contributed by atoms with Crippen molar-refractivity contribution < 1.29 is 84.7 Å². The van der Waals surface area contributed by atoms with Gasteiger partial charge < -0.3 is 94.0 Å². The number of amides is 8. The molecule has 0 radical (unpaired) electrons. The van der Waals surface area contributed by atoms with Crippen molar-refractivity contribution in [3.63, 3.8) is 0 Å². The van der Waals surface area contributed by atoms with E-state index in [0.717, 1.165) is 18.2 Å². The Morgan fingerprint density at radius 2 is 0.662 bits per heavy atom. The Kier molecular flexibility index (Phi) is 26.9. The normalized spacial score (nSPS) is 14.2. The number of anilines is 4. The number of ether oxygens (including phenoxy) is 7. The second kappa shape index (κ2) is 40.3. The molecule has 45 heteroatoms. The number of imidazole rings is 4. The van der Waals surface area contributed by atoms with Gasteiger partial charge in [0.1, 0.15) is 64.8 Å². The Labute approximate surface area is 781 Å². The van der Waals surface area contributed by atoms with E-state index in [1.807, 2.05) is 0 Å². The summed E-state index contributed by atoms with van der Waals surface area (Å²) in [6, 6.07) is 36.8. The first-order valence-electron chi connectivity index (χ1n) is 42.3. The third-order valence-corrected chi connectivity index (χ3v) is 23.2. The van der Waals surface area contributed by atoms with E-state index in [1.54, 1.807) is 129 Å². The van der Waals surface area contributed by atoms with Crippen LogP contribution < -0.4 is 35.5 Å². The van der Waals surface area contributed by atoms with E-state index in [1.165, 1.54) is 44.0 Å². The number of morpholine rings is 4. The van der Waals surface area contributed by atoms with Crippen LogP contribution in [0, 0.1) is 17.5 Å². The lowest BCUT2D eigenvalue weighted by Gasteiger charge is -2.26. The van der Waals surface area contributed by atoms with Crippen LogP contribution in [0.15, 0.2) is 164 Å².